The van der Waals surface area contributed by atoms with Gasteiger partial charge in [-0.15, -0.1) is 0 Å². The van der Waals surface area contributed by atoms with Gasteiger partial charge in [-0.05, 0) is 49.5 Å². The summed E-state index contributed by atoms with van der Waals surface area (Å²) < 4.78 is 1.97. The van der Waals surface area contributed by atoms with Gasteiger partial charge in [0.15, 0.2) is 5.69 Å². The number of nitrogens with zero attached hydrogens (tertiary/aromatic N) is 4. The number of hydrogen-bond donors (Lipinski definition) is 1. The van der Waals surface area contributed by atoms with E-state index in [-0.39, 0.29) is 17.4 Å². The molecule has 2 atom stereocenters. The fourth-order valence-corrected chi connectivity index (χ4v) is 5.65. The molecule has 34 heavy (non-hydrogen) atoms. The number of aromatic nitrogens is 2. The third-order valence-corrected chi connectivity index (χ3v) is 7.67. The monoisotopic (exact) mass is 459 g/mol. The van der Waals surface area contributed by atoms with Crippen LogP contribution in [0.2, 0.25) is 0 Å². The number of fused-ring (bicyclic) bond motifs is 3. The van der Waals surface area contributed by atoms with Gasteiger partial charge in [0.2, 0.25) is 0 Å². The molecule has 3 heterocycles. The van der Waals surface area contributed by atoms with Crippen molar-refractivity contribution >= 4 is 16.8 Å². The Bertz CT molecular complexity index is 1160. The van der Waals surface area contributed by atoms with Gasteiger partial charge in [0.1, 0.15) is 0 Å². The number of piperidine rings is 1. The Morgan fingerprint density at radius 3 is 2.29 bits per heavy atom. The van der Waals surface area contributed by atoms with Gasteiger partial charge in [0.25, 0.3) is 5.91 Å². The minimum absolute atomic E-state index is 0.0565. The maximum absolute atomic E-state index is 13.4. The molecule has 0 spiro atoms. The van der Waals surface area contributed by atoms with Crippen LogP contribution in [-0.2, 0) is 12.0 Å². The van der Waals surface area contributed by atoms with Gasteiger partial charge < -0.3 is 10.2 Å². The van der Waals surface area contributed by atoms with E-state index in [4.69, 9.17) is 5.10 Å². The second kappa shape index (κ2) is 8.82. The summed E-state index contributed by atoms with van der Waals surface area (Å²) in [6.45, 7) is 9.44. The molecule has 2 aromatic carbocycles. The largest absolute Gasteiger partial charge is 0.348 e. The number of carbonyl (C=O) groups is 1. The molecule has 5 rings (SSSR count). The molecule has 6 nitrogen and oxygen atoms in total. The molecule has 2 unspecified atom stereocenters. The first-order valence-corrected chi connectivity index (χ1v) is 12.5. The number of rotatable bonds is 4. The van der Waals surface area contributed by atoms with Crippen LogP contribution in [0, 0.1) is 0 Å². The van der Waals surface area contributed by atoms with E-state index in [1.165, 1.54) is 11.1 Å². The zero-order valence-corrected chi connectivity index (χ0v) is 21.1. The van der Waals surface area contributed by atoms with Crippen LogP contribution in [0.1, 0.15) is 55.2 Å². The van der Waals surface area contributed by atoms with Crippen LogP contribution in [0.25, 0.3) is 10.9 Å². The van der Waals surface area contributed by atoms with Gasteiger partial charge >= 0.3 is 0 Å². The molecule has 2 fully saturated rings. The average Bonchev–Trinajstić information content (AvgIpc) is 3.14. The van der Waals surface area contributed by atoms with Crippen molar-refractivity contribution in [2.45, 2.75) is 63.7 Å². The van der Waals surface area contributed by atoms with Crippen LogP contribution >= 0.6 is 0 Å². The number of carbonyl (C=O) groups excluding carboxylic acids is 1. The van der Waals surface area contributed by atoms with E-state index < -0.39 is 0 Å². The molecule has 0 aliphatic carbocycles. The SMILES string of the molecule is CN1CC2CC(NC(=O)c3nn(Cc4ccc(C(C)(C)C)cc4)c4ccccc34)CC(C1)N2C. The molecule has 0 radical (unpaired) electrons. The Morgan fingerprint density at radius 1 is 1.00 bits per heavy atom. The van der Waals surface area contributed by atoms with Crippen LogP contribution in [0.3, 0.4) is 0 Å². The fraction of sp³-hybridized carbons (Fsp3) is 0.500. The molecule has 180 valence electrons. The van der Waals surface area contributed by atoms with Crippen LogP contribution < -0.4 is 5.32 Å². The van der Waals surface area contributed by atoms with Crippen molar-refractivity contribution in [1.82, 2.24) is 24.9 Å². The Labute approximate surface area is 202 Å². The summed E-state index contributed by atoms with van der Waals surface area (Å²) in [6, 6.07) is 18.0. The quantitative estimate of drug-likeness (QED) is 0.643. The highest BCUT2D eigenvalue weighted by Gasteiger charge is 2.38. The van der Waals surface area contributed by atoms with Crippen molar-refractivity contribution in [2.24, 2.45) is 0 Å². The van der Waals surface area contributed by atoms with Crippen molar-refractivity contribution in [2.75, 3.05) is 27.2 Å². The van der Waals surface area contributed by atoms with E-state index in [1.54, 1.807) is 0 Å². The van der Waals surface area contributed by atoms with Gasteiger partial charge in [-0.3, -0.25) is 14.4 Å². The third kappa shape index (κ3) is 4.49. The summed E-state index contributed by atoms with van der Waals surface area (Å²) in [7, 11) is 4.42. The number of para-hydroxylation sites is 1. The highest BCUT2D eigenvalue weighted by molar-refractivity contribution is 6.05. The summed E-state index contributed by atoms with van der Waals surface area (Å²) in [4.78, 5) is 18.3. The number of benzene rings is 2. The lowest BCUT2D eigenvalue weighted by molar-refractivity contribution is 0.00837. The van der Waals surface area contributed by atoms with Gasteiger partial charge in [-0.2, -0.15) is 5.10 Å². The fourth-order valence-electron chi connectivity index (χ4n) is 5.65. The van der Waals surface area contributed by atoms with Crippen molar-refractivity contribution in [1.29, 1.82) is 0 Å². The molecular weight excluding hydrogens is 422 g/mol. The molecule has 1 N–H and O–H groups in total. The van der Waals surface area contributed by atoms with Crippen LogP contribution in [0.4, 0.5) is 0 Å². The maximum atomic E-state index is 13.4. The zero-order chi connectivity index (χ0) is 24.0. The van der Waals surface area contributed by atoms with Crippen molar-refractivity contribution in [3.8, 4) is 0 Å². The number of amides is 1. The number of likely N-dealkylation sites (tertiary alicyclic amines) is 1. The summed E-state index contributed by atoms with van der Waals surface area (Å²) >= 11 is 0. The molecular formula is C28H37N5O. The van der Waals surface area contributed by atoms with Gasteiger partial charge in [0.05, 0.1) is 12.1 Å². The molecule has 1 amide bonds. The highest BCUT2D eigenvalue weighted by atomic mass is 16.2. The van der Waals surface area contributed by atoms with Crippen LogP contribution in [0.15, 0.2) is 48.5 Å². The third-order valence-electron chi connectivity index (χ3n) is 7.67. The standard InChI is InChI=1S/C28H37N5O/c1-28(2,3)20-12-10-19(11-13-20)16-33-25-9-7-6-8-24(25)26(30-33)27(34)29-21-14-22-17-31(4)18-23(15-21)32(22)5/h6-13,21-23H,14-18H2,1-5H3,(H,29,34). The van der Waals surface area contributed by atoms with Crippen LogP contribution in [0.5, 0.6) is 0 Å². The maximum Gasteiger partial charge on any atom is 0.272 e. The Hall–Kier alpha value is -2.70. The first-order chi connectivity index (χ1) is 16.2. The summed E-state index contributed by atoms with van der Waals surface area (Å²) in [5, 5.41) is 9.05. The topological polar surface area (TPSA) is 53.4 Å². The molecule has 0 saturated carbocycles. The zero-order valence-electron chi connectivity index (χ0n) is 21.1. The van der Waals surface area contributed by atoms with E-state index in [0.29, 0.717) is 24.3 Å². The molecule has 2 aliphatic heterocycles. The number of hydrogen-bond acceptors (Lipinski definition) is 4. The molecule has 2 bridgehead atoms. The lowest BCUT2D eigenvalue weighted by Crippen LogP contribution is -2.63. The predicted octanol–water partition coefficient (Wildman–Crippen LogP) is 3.89. The van der Waals surface area contributed by atoms with Gasteiger partial charge in [-0.25, -0.2) is 0 Å². The van der Waals surface area contributed by atoms with Crippen LogP contribution in [-0.4, -0.2) is 70.8 Å². The second-order valence-corrected chi connectivity index (χ2v) is 11.3. The minimum atomic E-state index is -0.0565. The number of nitrogens with one attached hydrogen (secondary N) is 1. The Balaban J connectivity index is 1.36. The molecule has 2 aliphatic rings. The normalized spacial score (nSPS) is 23.9. The predicted molar refractivity (Wildman–Crippen MR) is 137 cm³/mol. The van der Waals surface area contributed by atoms with E-state index >= 15 is 0 Å². The van der Waals surface area contributed by atoms with E-state index in [0.717, 1.165) is 36.8 Å². The van der Waals surface area contributed by atoms with Crippen molar-refractivity contribution in [3.63, 3.8) is 0 Å². The summed E-state index contributed by atoms with van der Waals surface area (Å²) in [5.74, 6) is -0.0565. The number of likely N-dealkylation sites (N-methyl/N-ethyl adjacent to an activating group) is 2. The molecule has 3 aromatic rings. The summed E-state index contributed by atoms with van der Waals surface area (Å²) in [6.07, 6.45) is 1.98. The Morgan fingerprint density at radius 2 is 1.65 bits per heavy atom. The lowest BCUT2D eigenvalue weighted by atomic mass is 9.87. The first-order valence-electron chi connectivity index (χ1n) is 12.5. The van der Waals surface area contributed by atoms with Gasteiger partial charge in [0, 0.05) is 36.6 Å². The lowest BCUT2D eigenvalue weighted by Gasteiger charge is -2.50. The van der Waals surface area contributed by atoms with Gasteiger partial charge in [-0.1, -0.05) is 63.2 Å². The Kier molecular flexibility index (Phi) is 5.98. The average molecular weight is 460 g/mol. The highest BCUT2D eigenvalue weighted by Crippen LogP contribution is 2.28. The summed E-state index contributed by atoms with van der Waals surface area (Å²) in [5.41, 5.74) is 4.15. The van der Waals surface area contributed by atoms with E-state index in [9.17, 15) is 4.79 Å². The molecule has 6 heteroatoms. The second-order valence-electron chi connectivity index (χ2n) is 11.3. The minimum Gasteiger partial charge on any atom is -0.348 e. The molecule has 1 aromatic heterocycles. The van der Waals surface area contributed by atoms with Crippen molar-refractivity contribution < 1.29 is 4.79 Å². The van der Waals surface area contributed by atoms with Crippen molar-refractivity contribution in [3.05, 3.63) is 65.4 Å². The van der Waals surface area contributed by atoms with E-state index in [2.05, 4.69) is 80.3 Å². The first kappa shape index (κ1) is 23.1. The van der Waals surface area contributed by atoms with E-state index in [1.807, 2.05) is 22.9 Å². The molecule has 2 saturated heterocycles. The smallest absolute Gasteiger partial charge is 0.272 e. The number of piperazine rings is 1.